The fourth-order valence-corrected chi connectivity index (χ4v) is 2.50. The van der Waals surface area contributed by atoms with Crippen LogP contribution in [0, 0.1) is 5.92 Å². The highest BCUT2D eigenvalue weighted by Crippen LogP contribution is 2.48. The molecule has 0 heterocycles. The van der Waals surface area contributed by atoms with Crippen molar-refractivity contribution in [3.8, 4) is 0 Å². The van der Waals surface area contributed by atoms with Crippen molar-refractivity contribution in [3.63, 3.8) is 0 Å². The van der Waals surface area contributed by atoms with E-state index in [9.17, 15) is 10.0 Å². The molecular weight excluding hydrogens is 263 g/mol. The van der Waals surface area contributed by atoms with Crippen LogP contribution in [-0.4, -0.2) is 22.8 Å². The molecule has 92 valence electrons. The van der Waals surface area contributed by atoms with E-state index < -0.39 is 6.03 Å². The molecule has 2 amide bonds. The van der Waals surface area contributed by atoms with Gasteiger partial charge in [-0.1, -0.05) is 23.2 Å². The lowest BCUT2D eigenvalue weighted by Gasteiger charge is -2.11. The minimum Gasteiger partial charge on any atom is -0.350 e. The number of amides is 2. The van der Waals surface area contributed by atoms with Crippen molar-refractivity contribution in [2.75, 3.05) is 6.54 Å². The number of rotatable bonds is 3. The second-order valence-corrected chi connectivity index (χ2v) is 5.10. The lowest BCUT2D eigenvalue weighted by molar-refractivity contribution is -0.0431. The van der Waals surface area contributed by atoms with Gasteiger partial charge in [0.1, 0.15) is 0 Å². The molecular formula is C11H12Cl2N2O2. The number of urea groups is 1. The number of carbonyl (C=O) groups excluding carboxylic acids is 1. The van der Waals surface area contributed by atoms with E-state index in [4.69, 9.17) is 28.9 Å². The van der Waals surface area contributed by atoms with Gasteiger partial charge in [0, 0.05) is 10.0 Å². The lowest BCUT2D eigenvalue weighted by atomic mass is 10.1. The van der Waals surface area contributed by atoms with Gasteiger partial charge < -0.3 is 5.73 Å². The summed E-state index contributed by atoms with van der Waals surface area (Å²) in [5.74, 6) is 0.488. The normalized spacial score (nSPS) is 22.3. The molecule has 4 nitrogen and oxygen atoms in total. The van der Waals surface area contributed by atoms with Crippen molar-refractivity contribution < 1.29 is 10.0 Å². The van der Waals surface area contributed by atoms with Gasteiger partial charge in [-0.05, 0) is 42.0 Å². The van der Waals surface area contributed by atoms with Crippen LogP contribution in [0.5, 0.6) is 0 Å². The largest absolute Gasteiger partial charge is 0.350 e. The van der Waals surface area contributed by atoms with Gasteiger partial charge in [-0.2, -0.15) is 0 Å². The van der Waals surface area contributed by atoms with E-state index in [1.807, 2.05) is 12.1 Å². The zero-order chi connectivity index (χ0) is 12.6. The van der Waals surface area contributed by atoms with Gasteiger partial charge >= 0.3 is 6.03 Å². The maximum absolute atomic E-state index is 10.7. The summed E-state index contributed by atoms with van der Waals surface area (Å²) < 4.78 is 0. The van der Waals surface area contributed by atoms with Crippen LogP contribution in [0.4, 0.5) is 4.79 Å². The molecule has 1 saturated carbocycles. The van der Waals surface area contributed by atoms with Crippen molar-refractivity contribution in [2.45, 2.75) is 12.3 Å². The Morgan fingerprint density at radius 1 is 1.41 bits per heavy atom. The Hall–Kier alpha value is -0.970. The third-order valence-electron chi connectivity index (χ3n) is 2.90. The first kappa shape index (κ1) is 12.5. The molecule has 0 aliphatic heterocycles. The molecule has 2 rings (SSSR count). The van der Waals surface area contributed by atoms with E-state index in [1.54, 1.807) is 6.07 Å². The number of halogens is 2. The second-order valence-electron chi connectivity index (χ2n) is 4.23. The lowest BCUT2D eigenvalue weighted by Crippen LogP contribution is -2.34. The van der Waals surface area contributed by atoms with Gasteiger partial charge in [-0.3, -0.25) is 5.21 Å². The van der Waals surface area contributed by atoms with Crippen LogP contribution in [0.1, 0.15) is 17.9 Å². The second kappa shape index (κ2) is 4.72. The van der Waals surface area contributed by atoms with Crippen LogP contribution in [0.2, 0.25) is 10.0 Å². The molecule has 1 aliphatic rings. The highest BCUT2D eigenvalue weighted by molar-refractivity contribution is 6.34. The Kier molecular flexibility index (Phi) is 3.47. The van der Waals surface area contributed by atoms with Crippen LogP contribution in [0.15, 0.2) is 18.2 Å². The summed E-state index contributed by atoms with van der Waals surface area (Å²) in [5, 5.41) is 10.9. The van der Waals surface area contributed by atoms with Crippen LogP contribution < -0.4 is 5.73 Å². The molecule has 0 aromatic heterocycles. The van der Waals surface area contributed by atoms with Crippen molar-refractivity contribution in [2.24, 2.45) is 11.7 Å². The van der Waals surface area contributed by atoms with Crippen LogP contribution in [0.3, 0.4) is 0 Å². The molecule has 0 radical (unpaired) electrons. The third-order valence-corrected chi connectivity index (χ3v) is 3.33. The summed E-state index contributed by atoms with van der Waals surface area (Å²) in [5.41, 5.74) is 5.97. The topological polar surface area (TPSA) is 66.6 Å². The summed E-state index contributed by atoms with van der Waals surface area (Å²) in [7, 11) is 0. The minimum absolute atomic E-state index is 0.210. The maximum Gasteiger partial charge on any atom is 0.338 e. The average molecular weight is 275 g/mol. The summed E-state index contributed by atoms with van der Waals surface area (Å²) in [4.78, 5) is 10.7. The van der Waals surface area contributed by atoms with Gasteiger partial charge in [0.05, 0.1) is 6.54 Å². The van der Waals surface area contributed by atoms with Gasteiger partial charge in [0.25, 0.3) is 0 Å². The Morgan fingerprint density at radius 3 is 2.53 bits per heavy atom. The predicted octanol–water partition coefficient (Wildman–Crippen LogP) is 2.87. The standard InChI is InChI=1S/C11H12Cl2N2O2/c12-8-1-6(2-9(13)4-8)10-3-7(10)5-15(17)11(14)16/h1-2,4,7,10,17H,3,5H2,(H2,14,16)/t7-,10-/m0/s1. The number of hydrogen-bond donors (Lipinski definition) is 2. The van der Waals surface area contributed by atoms with Crippen molar-refractivity contribution in [3.05, 3.63) is 33.8 Å². The van der Waals surface area contributed by atoms with Gasteiger partial charge in [-0.15, -0.1) is 0 Å². The van der Waals surface area contributed by atoms with E-state index in [1.165, 1.54) is 0 Å². The molecule has 1 aliphatic carbocycles. The summed E-state index contributed by atoms with van der Waals surface area (Å²) in [6.45, 7) is 0.240. The zero-order valence-corrected chi connectivity index (χ0v) is 10.4. The van der Waals surface area contributed by atoms with E-state index in [0.29, 0.717) is 15.1 Å². The van der Waals surface area contributed by atoms with Crippen molar-refractivity contribution >= 4 is 29.2 Å². The first-order valence-electron chi connectivity index (χ1n) is 5.19. The fourth-order valence-electron chi connectivity index (χ4n) is 1.96. The number of carbonyl (C=O) groups is 1. The molecule has 6 heteroatoms. The molecule has 0 bridgehead atoms. The summed E-state index contributed by atoms with van der Waals surface area (Å²) >= 11 is 11.8. The maximum atomic E-state index is 10.7. The minimum atomic E-state index is -0.834. The average Bonchev–Trinajstić information content (AvgIpc) is 2.95. The monoisotopic (exact) mass is 274 g/mol. The summed E-state index contributed by atoms with van der Waals surface area (Å²) in [6, 6.07) is 4.54. The number of nitrogens with zero attached hydrogens (tertiary/aromatic N) is 1. The molecule has 0 saturated heterocycles. The van der Waals surface area contributed by atoms with Gasteiger partial charge in [0.2, 0.25) is 0 Å². The van der Waals surface area contributed by atoms with Crippen LogP contribution >= 0.6 is 23.2 Å². The molecule has 2 atom stereocenters. The van der Waals surface area contributed by atoms with E-state index >= 15 is 0 Å². The number of nitrogens with two attached hydrogens (primary N) is 1. The first-order valence-corrected chi connectivity index (χ1v) is 5.95. The summed E-state index contributed by atoms with van der Waals surface area (Å²) in [6.07, 6.45) is 0.890. The highest BCUT2D eigenvalue weighted by Gasteiger charge is 2.40. The highest BCUT2D eigenvalue weighted by atomic mass is 35.5. The fraction of sp³-hybridized carbons (Fsp3) is 0.364. The molecule has 1 fully saturated rings. The Bertz CT molecular complexity index is 433. The van der Waals surface area contributed by atoms with Gasteiger partial charge in [-0.25, -0.2) is 9.86 Å². The molecule has 3 N–H and O–H groups in total. The predicted molar refractivity (Wildman–Crippen MR) is 65.4 cm³/mol. The van der Waals surface area contributed by atoms with Crippen LogP contribution in [0.25, 0.3) is 0 Å². The molecule has 1 aromatic rings. The molecule has 1 aromatic carbocycles. The van der Waals surface area contributed by atoms with Crippen molar-refractivity contribution in [1.82, 2.24) is 5.06 Å². The van der Waals surface area contributed by atoms with Gasteiger partial charge in [0.15, 0.2) is 0 Å². The van der Waals surface area contributed by atoms with Crippen molar-refractivity contribution in [1.29, 1.82) is 0 Å². The number of primary amides is 1. The third kappa shape index (κ3) is 3.03. The number of hydrogen-bond acceptors (Lipinski definition) is 2. The molecule has 17 heavy (non-hydrogen) atoms. The van der Waals surface area contributed by atoms with Crippen LogP contribution in [-0.2, 0) is 0 Å². The SMILES string of the molecule is NC(=O)N(O)C[C@@H]1C[C@H]1c1cc(Cl)cc(Cl)c1. The van der Waals surface area contributed by atoms with E-state index in [-0.39, 0.29) is 18.4 Å². The quantitative estimate of drug-likeness (QED) is 0.658. The van der Waals surface area contributed by atoms with E-state index in [2.05, 4.69) is 0 Å². The number of hydroxylamine groups is 2. The Balaban J connectivity index is 2.00. The number of benzene rings is 1. The Labute approximate surface area is 109 Å². The van der Waals surface area contributed by atoms with E-state index in [0.717, 1.165) is 12.0 Å². The smallest absolute Gasteiger partial charge is 0.338 e. The molecule has 0 unspecified atom stereocenters. The first-order chi connectivity index (χ1) is 7.97. The molecule has 0 spiro atoms. The Morgan fingerprint density at radius 2 is 2.00 bits per heavy atom. The zero-order valence-electron chi connectivity index (χ0n) is 8.94.